The summed E-state index contributed by atoms with van der Waals surface area (Å²) in [5.41, 5.74) is -0.828. The molecule has 7 heteroatoms. The molecule has 0 heterocycles. The number of benzene rings is 1. The second-order valence-electron chi connectivity index (χ2n) is 3.76. The van der Waals surface area contributed by atoms with Gasteiger partial charge in [0.05, 0.1) is 11.7 Å². The van der Waals surface area contributed by atoms with Crippen molar-refractivity contribution in [2.45, 2.75) is 24.8 Å². The molecule has 0 aromatic heterocycles. The van der Waals surface area contributed by atoms with Gasteiger partial charge in [-0.25, -0.2) is 0 Å². The Balaban J connectivity index is 2.99. The van der Waals surface area contributed by atoms with Crippen molar-refractivity contribution in [2.24, 2.45) is 0 Å². The van der Waals surface area contributed by atoms with Gasteiger partial charge in [0.15, 0.2) is 0 Å². The smallest absolute Gasteiger partial charge is 0.390 e. The molecule has 0 aliphatic carbocycles. The number of alkyl halides is 3. The fraction of sp³-hybridized carbons (Fsp3) is 0.455. The lowest BCUT2D eigenvalue weighted by atomic mass is 10.0. The highest BCUT2D eigenvalue weighted by Gasteiger charge is 2.31. The lowest BCUT2D eigenvalue weighted by Gasteiger charge is -2.19. The van der Waals surface area contributed by atoms with E-state index in [2.05, 4.69) is 12.6 Å². The number of halogens is 4. The Morgan fingerprint density at radius 2 is 1.89 bits per heavy atom. The fourth-order valence-electron chi connectivity index (χ4n) is 1.44. The highest BCUT2D eigenvalue weighted by atomic mass is 35.5. The molecule has 1 aromatic carbocycles. The topological polar surface area (TPSA) is 40.5 Å². The Bertz CT molecular complexity index is 412. The summed E-state index contributed by atoms with van der Waals surface area (Å²) < 4.78 is 37.2. The molecule has 0 aliphatic heterocycles. The predicted octanol–water partition coefficient (Wildman–Crippen LogP) is 3.07. The van der Waals surface area contributed by atoms with Crippen LogP contribution in [0.15, 0.2) is 18.2 Å². The summed E-state index contributed by atoms with van der Waals surface area (Å²) in [6.07, 6.45) is -6.72. The lowest BCUT2D eigenvalue weighted by molar-refractivity contribution is -0.137. The second kappa shape index (κ2) is 6.14. The average Bonchev–Trinajstić information content (AvgIpc) is 2.27. The van der Waals surface area contributed by atoms with Crippen molar-refractivity contribution in [3.8, 4) is 0 Å². The van der Waals surface area contributed by atoms with Crippen molar-refractivity contribution < 1.29 is 23.4 Å². The Morgan fingerprint density at radius 1 is 1.28 bits per heavy atom. The molecule has 2 N–H and O–H groups in total. The number of hydrogen-bond donors (Lipinski definition) is 3. The monoisotopic (exact) mass is 300 g/mol. The van der Waals surface area contributed by atoms with Crippen molar-refractivity contribution in [3.05, 3.63) is 34.3 Å². The maximum absolute atomic E-state index is 12.4. The van der Waals surface area contributed by atoms with Crippen LogP contribution in [0.1, 0.15) is 23.7 Å². The first-order chi connectivity index (χ1) is 8.27. The molecule has 0 fully saturated rings. The van der Waals surface area contributed by atoms with E-state index in [4.69, 9.17) is 11.6 Å². The van der Waals surface area contributed by atoms with Crippen LogP contribution in [-0.4, -0.2) is 22.1 Å². The van der Waals surface area contributed by atoms with Crippen LogP contribution in [0, 0.1) is 0 Å². The highest BCUT2D eigenvalue weighted by molar-refractivity contribution is 7.80. The van der Waals surface area contributed by atoms with Crippen LogP contribution < -0.4 is 0 Å². The largest absolute Gasteiger partial charge is 0.416 e. The summed E-state index contributed by atoms with van der Waals surface area (Å²) in [6.45, 7) is 0. The normalized spacial score (nSPS) is 15.5. The van der Waals surface area contributed by atoms with E-state index in [-0.39, 0.29) is 17.0 Å². The van der Waals surface area contributed by atoms with Gasteiger partial charge >= 0.3 is 6.18 Å². The van der Waals surface area contributed by atoms with E-state index in [9.17, 15) is 23.4 Å². The minimum atomic E-state index is -4.49. The number of aliphatic hydroxyl groups excluding tert-OH is 2. The summed E-state index contributed by atoms with van der Waals surface area (Å²) in [5, 5.41) is 19.1. The summed E-state index contributed by atoms with van der Waals surface area (Å²) in [4.78, 5) is 0. The van der Waals surface area contributed by atoms with E-state index >= 15 is 0 Å². The molecule has 2 atom stereocenters. The maximum Gasteiger partial charge on any atom is 0.416 e. The van der Waals surface area contributed by atoms with E-state index in [1.54, 1.807) is 0 Å². The molecule has 1 rings (SSSR count). The standard InChI is InChI=1S/C11H12ClF3O2S/c12-8-5-6(11(13,14)15)1-2-7(8)10(17)9(16)3-4-18/h1-2,5,9-10,16-18H,3-4H2. The third-order valence-electron chi connectivity index (χ3n) is 2.44. The molecule has 18 heavy (non-hydrogen) atoms. The van der Waals surface area contributed by atoms with E-state index in [0.717, 1.165) is 18.2 Å². The van der Waals surface area contributed by atoms with Gasteiger partial charge in [-0.1, -0.05) is 17.7 Å². The van der Waals surface area contributed by atoms with Gasteiger partial charge in [-0.15, -0.1) is 0 Å². The first-order valence-corrected chi connectivity index (χ1v) is 6.12. The minimum Gasteiger partial charge on any atom is -0.390 e. The number of thiol groups is 1. The van der Waals surface area contributed by atoms with E-state index < -0.39 is 23.9 Å². The van der Waals surface area contributed by atoms with Gasteiger partial charge in [-0.05, 0) is 24.3 Å². The minimum absolute atomic E-state index is 0.0685. The Kier molecular flexibility index (Phi) is 5.33. The average molecular weight is 301 g/mol. The third kappa shape index (κ3) is 3.78. The van der Waals surface area contributed by atoms with Crippen molar-refractivity contribution in [2.75, 3.05) is 5.75 Å². The summed E-state index contributed by atoms with van der Waals surface area (Å²) >= 11 is 9.58. The van der Waals surface area contributed by atoms with Crippen LogP contribution in [-0.2, 0) is 6.18 Å². The number of aliphatic hydroxyl groups is 2. The van der Waals surface area contributed by atoms with Gasteiger partial charge in [0, 0.05) is 10.6 Å². The third-order valence-corrected chi connectivity index (χ3v) is 3.02. The Labute approximate surface area is 113 Å². The van der Waals surface area contributed by atoms with Gasteiger partial charge in [0.1, 0.15) is 6.10 Å². The zero-order chi connectivity index (χ0) is 13.9. The molecule has 102 valence electrons. The SMILES string of the molecule is OC(CCS)C(O)c1ccc(C(F)(F)F)cc1Cl. The van der Waals surface area contributed by atoms with Gasteiger partial charge in [-0.3, -0.25) is 0 Å². The molecule has 0 amide bonds. The molecular weight excluding hydrogens is 289 g/mol. The van der Waals surface area contributed by atoms with Crippen molar-refractivity contribution in [1.82, 2.24) is 0 Å². The maximum atomic E-state index is 12.4. The molecule has 2 nitrogen and oxygen atoms in total. The van der Waals surface area contributed by atoms with Crippen LogP contribution in [0.2, 0.25) is 5.02 Å². The first kappa shape index (κ1) is 15.6. The molecular formula is C11H12ClF3O2S. The number of hydrogen-bond acceptors (Lipinski definition) is 3. The summed E-state index contributed by atoms with van der Waals surface area (Å²) in [5.74, 6) is 0.344. The van der Waals surface area contributed by atoms with Crippen molar-refractivity contribution in [1.29, 1.82) is 0 Å². The van der Waals surface area contributed by atoms with Crippen LogP contribution in [0.25, 0.3) is 0 Å². The van der Waals surface area contributed by atoms with Crippen LogP contribution in [0.5, 0.6) is 0 Å². The van der Waals surface area contributed by atoms with E-state index in [1.807, 2.05) is 0 Å². The molecule has 0 bridgehead atoms. The zero-order valence-corrected chi connectivity index (χ0v) is 10.8. The molecule has 0 radical (unpaired) electrons. The van der Waals surface area contributed by atoms with Gasteiger partial charge < -0.3 is 10.2 Å². The second-order valence-corrected chi connectivity index (χ2v) is 4.61. The van der Waals surface area contributed by atoms with Crippen LogP contribution >= 0.6 is 24.2 Å². The quantitative estimate of drug-likeness (QED) is 0.748. The fourth-order valence-corrected chi connectivity index (χ4v) is 2.00. The van der Waals surface area contributed by atoms with Crippen molar-refractivity contribution in [3.63, 3.8) is 0 Å². The summed E-state index contributed by atoms with van der Waals surface area (Å²) in [6, 6.07) is 2.61. The van der Waals surface area contributed by atoms with Crippen molar-refractivity contribution >= 4 is 24.2 Å². The van der Waals surface area contributed by atoms with E-state index in [0.29, 0.717) is 5.75 Å². The highest BCUT2D eigenvalue weighted by Crippen LogP contribution is 2.34. The first-order valence-electron chi connectivity index (χ1n) is 5.11. The Hall–Kier alpha value is -0.430. The number of rotatable bonds is 4. The molecule has 2 unspecified atom stereocenters. The molecule has 0 aliphatic rings. The molecule has 0 saturated heterocycles. The lowest BCUT2D eigenvalue weighted by Crippen LogP contribution is -2.19. The Morgan fingerprint density at radius 3 is 2.33 bits per heavy atom. The van der Waals surface area contributed by atoms with Crippen LogP contribution in [0.4, 0.5) is 13.2 Å². The molecule has 0 spiro atoms. The van der Waals surface area contributed by atoms with Crippen LogP contribution in [0.3, 0.4) is 0 Å². The predicted molar refractivity (Wildman–Crippen MR) is 65.9 cm³/mol. The van der Waals surface area contributed by atoms with Gasteiger partial charge in [0.2, 0.25) is 0 Å². The molecule has 1 aromatic rings. The van der Waals surface area contributed by atoms with E-state index in [1.165, 1.54) is 0 Å². The zero-order valence-electron chi connectivity index (χ0n) is 9.15. The van der Waals surface area contributed by atoms with Gasteiger partial charge in [0.25, 0.3) is 0 Å². The summed E-state index contributed by atoms with van der Waals surface area (Å²) in [7, 11) is 0. The molecule has 0 saturated carbocycles. The van der Waals surface area contributed by atoms with Gasteiger partial charge in [-0.2, -0.15) is 25.8 Å².